The summed E-state index contributed by atoms with van der Waals surface area (Å²) in [4.78, 5) is 52.8. The van der Waals surface area contributed by atoms with E-state index in [0.29, 0.717) is 35.1 Å². The van der Waals surface area contributed by atoms with Crippen LogP contribution < -0.4 is 16.2 Å². The van der Waals surface area contributed by atoms with Crippen LogP contribution in [0.4, 0.5) is 5.69 Å². The van der Waals surface area contributed by atoms with Gasteiger partial charge >= 0.3 is 0 Å². The SMILES string of the molecule is O=C(CC(NC(=O)c1ccc(-n2ccccc2=O)cc1)C(=O)N1CCCCC1)Nc1ccc(Cl)cc1. The van der Waals surface area contributed by atoms with Gasteiger partial charge in [0, 0.05) is 47.3 Å². The lowest BCUT2D eigenvalue weighted by molar-refractivity contribution is -0.135. The zero-order chi connectivity index (χ0) is 25.5. The first-order chi connectivity index (χ1) is 17.4. The highest BCUT2D eigenvalue weighted by Gasteiger charge is 2.29. The molecule has 0 aliphatic carbocycles. The number of hydrogen-bond acceptors (Lipinski definition) is 4. The third-order valence-corrected chi connectivity index (χ3v) is 6.27. The highest BCUT2D eigenvalue weighted by Crippen LogP contribution is 2.16. The Morgan fingerprint density at radius 1 is 0.889 bits per heavy atom. The minimum Gasteiger partial charge on any atom is -0.341 e. The molecule has 2 heterocycles. The van der Waals surface area contributed by atoms with Gasteiger partial charge in [-0.3, -0.25) is 23.7 Å². The maximum Gasteiger partial charge on any atom is 0.255 e. The zero-order valence-corrected chi connectivity index (χ0v) is 20.4. The summed E-state index contributed by atoms with van der Waals surface area (Å²) in [5, 5.41) is 6.04. The van der Waals surface area contributed by atoms with Gasteiger partial charge in [0.2, 0.25) is 11.8 Å². The third-order valence-electron chi connectivity index (χ3n) is 6.02. The number of nitrogens with zero attached hydrogens (tertiary/aromatic N) is 2. The molecule has 0 saturated carbocycles. The molecule has 1 aromatic heterocycles. The molecular weight excluding hydrogens is 480 g/mol. The number of hydrogen-bond donors (Lipinski definition) is 2. The van der Waals surface area contributed by atoms with E-state index in [1.807, 2.05) is 0 Å². The molecule has 1 atom stereocenters. The van der Waals surface area contributed by atoms with Crippen LogP contribution in [0, 0.1) is 0 Å². The monoisotopic (exact) mass is 506 g/mol. The van der Waals surface area contributed by atoms with Crippen molar-refractivity contribution in [1.82, 2.24) is 14.8 Å². The summed E-state index contributed by atoms with van der Waals surface area (Å²) in [6.07, 6.45) is 4.27. The molecule has 1 aliphatic rings. The summed E-state index contributed by atoms with van der Waals surface area (Å²) in [5.74, 6) is -1.15. The van der Waals surface area contributed by atoms with Gasteiger partial charge in [-0.2, -0.15) is 0 Å². The van der Waals surface area contributed by atoms with Crippen LogP contribution in [0.2, 0.25) is 5.02 Å². The number of carbonyl (C=O) groups is 3. The van der Waals surface area contributed by atoms with E-state index < -0.39 is 17.9 Å². The number of likely N-dealkylation sites (tertiary alicyclic amines) is 1. The lowest BCUT2D eigenvalue weighted by Crippen LogP contribution is -2.51. The molecule has 0 radical (unpaired) electrons. The van der Waals surface area contributed by atoms with Crippen molar-refractivity contribution < 1.29 is 14.4 Å². The molecule has 1 unspecified atom stereocenters. The number of amides is 3. The number of aromatic nitrogens is 1. The van der Waals surface area contributed by atoms with Crippen molar-refractivity contribution in [2.45, 2.75) is 31.7 Å². The molecule has 3 amide bonds. The van der Waals surface area contributed by atoms with Crippen molar-refractivity contribution in [1.29, 1.82) is 0 Å². The summed E-state index contributed by atoms with van der Waals surface area (Å²) in [6.45, 7) is 1.20. The number of anilines is 1. The molecule has 9 heteroatoms. The average molecular weight is 507 g/mol. The van der Waals surface area contributed by atoms with Gasteiger partial charge in [-0.15, -0.1) is 0 Å². The fourth-order valence-electron chi connectivity index (χ4n) is 4.12. The molecule has 186 valence electrons. The Morgan fingerprint density at radius 2 is 1.58 bits per heavy atom. The Hall–Kier alpha value is -3.91. The maximum atomic E-state index is 13.2. The first-order valence-electron chi connectivity index (χ1n) is 11.8. The van der Waals surface area contributed by atoms with Crippen molar-refractivity contribution >= 4 is 35.0 Å². The van der Waals surface area contributed by atoms with Gasteiger partial charge in [-0.1, -0.05) is 17.7 Å². The second-order valence-electron chi connectivity index (χ2n) is 8.63. The molecule has 2 aromatic carbocycles. The second-order valence-corrected chi connectivity index (χ2v) is 9.06. The number of halogens is 1. The van der Waals surface area contributed by atoms with Gasteiger partial charge in [0.15, 0.2) is 0 Å². The second kappa shape index (κ2) is 11.7. The van der Waals surface area contributed by atoms with Gasteiger partial charge < -0.3 is 15.5 Å². The minimum atomic E-state index is -1.01. The summed E-state index contributed by atoms with van der Waals surface area (Å²) in [6, 6.07) is 17.0. The number of benzene rings is 2. The number of carbonyl (C=O) groups excluding carboxylic acids is 3. The van der Waals surface area contributed by atoms with Crippen LogP contribution in [-0.2, 0) is 9.59 Å². The molecule has 36 heavy (non-hydrogen) atoms. The molecular formula is C27H27ClN4O4. The normalized spacial score (nSPS) is 14.1. The van der Waals surface area contributed by atoms with Crippen molar-refractivity contribution in [3.8, 4) is 5.69 Å². The molecule has 2 N–H and O–H groups in total. The summed E-state index contributed by atoms with van der Waals surface area (Å²) < 4.78 is 1.46. The van der Waals surface area contributed by atoms with Crippen molar-refractivity contribution in [3.63, 3.8) is 0 Å². The smallest absolute Gasteiger partial charge is 0.255 e. The van der Waals surface area contributed by atoms with E-state index in [1.54, 1.807) is 71.8 Å². The van der Waals surface area contributed by atoms with Crippen molar-refractivity contribution in [3.05, 3.63) is 93.9 Å². The number of nitrogens with one attached hydrogen (secondary N) is 2. The molecule has 3 aromatic rings. The van der Waals surface area contributed by atoms with Gasteiger partial charge in [0.1, 0.15) is 6.04 Å². The number of rotatable bonds is 7. The van der Waals surface area contributed by atoms with Gasteiger partial charge in [0.25, 0.3) is 11.5 Å². The number of piperidine rings is 1. The van der Waals surface area contributed by atoms with E-state index in [0.717, 1.165) is 19.3 Å². The van der Waals surface area contributed by atoms with Crippen LogP contribution in [0.15, 0.2) is 77.7 Å². The summed E-state index contributed by atoms with van der Waals surface area (Å²) in [7, 11) is 0. The first kappa shape index (κ1) is 25.2. The van der Waals surface area contributed by atoms with Crippen molar-refractivity contribution in [2.75, 3.05) is 18.4 Å². The first-order valence-corrected chi connectivity index (χ1v) is 12.2. The van der Waals surface area contributed by atoms with Crippen molar-refractivity contribution in [2.24, 2.45) is 0 Å². The van der Waals surface area contributed by atoms with E-state index in [-0.39, 0.29) is 17.9 Å². The Labute approximate surface area is 213 Å². The molecule has 0 spiro atoms. The highest BCUT2D eigenvalue weighted by molar-refractivity contribution is 6.30. The van der Waals surface area contributed by atoms with Crippen LogP contribution >= 0.6 is 11.6 Å². The topological polar surface area (TPSA) is 101 Å². The van der Waals surface area contributed by atoms with Crippen LogP contribution in [0.3, 0.4) is 0 Å². The highest BCUT2D eigenvalue weighted by atomic mass is 35.5. The largest absolute Gasteiger partial charge is 0.341 e. The van der Waals surface area contributed by atoms with E-state index in [1.165, 1.54) is 10.6 Å². The minimum absolute atomic E-state index is 0.186. The Balaban J connectivity index is 1.48. The number of pyridine rings is 1. The predicted molar refractivity (Wildman–Crippen MR) is 138 cm³/mol. The van der Waals surface area contributed by atoms with Gasteiger partial charge in [0.05, 0.1) is 6.42 Å². The van der Waals surface area contributed by atoms with E-state index in [2.05, 4.69) is 10.6 Å². The Bertz CT molecular complexity index is 1280. The standard InChI is InChI=1S/C27H27ClN4O4/c28-20-9-11-21(12-10-20)29-24(33)18-23(27(36)31-15-3-1-4-16-31)30-26(35)19-7-13-22(14-8-19)32-17-5-2-6-25(32)34/h2,5-14,17,23H,1,3-4,15-16,18H2,(H,29,33)(H,30,35). The zero-order valence-electron chi connectivity index (χ0n) is 19.7. The molecule has 1 saturated heterocycles. The molecule has 1 fully saturated rings. The summed E-state index contributed by atoms with van der Waals surface area (Å²) >= 11 is 5.90. The predicted octanol–water partition coefficient (Wildman–Crippen LogP) is 3.63. The van der Waals surface area contributed by atoms with Crippen LogP contribution in [0.25, 0.3) is 5.69 Å². The summed E-state index contributed by atoms with van der Waals surface area (Å²) in [5.41, 5.74) is 1.29. The van der Waals surface area contributed by atoms with Gasteiger partial charge in [-0.25, -0.2) is 0 Å². The van der Waals surface area contributed by atoms with Crippen LogP contribution in [0.1, 0.15) is 36.0 Å². The fraction of sp³-hybridized carbons (Fsp3) is 0.259. The molecule has 8 nitrogen and oxygen atoms in total. The lowest BCUT2D eigenvalue weighted by Gasteiger charge is -2.30. The molecule has 4 rings (SSSR count). The fourth-order valence-corrected chi connectivity index (χ4v) is 4.25. The van der Waals surface area contributed by atoms with Crippen LogP contribution in [-0.4, -0.2) is 46.3 Å². The van der Waals surface area contributed by atoms with Gasteiger partial charge in [-0.05, 0) is 73.9 Å². The molecule has 0 bridgehead atoms. The average Bonchev–Trinajstić information content (AvgIpc) is 2.90. The lowest BCUT2D eigenvalue weighted by atomic mass is 10.1. The van der Waals surface area contributed by atoms with E-state index in [4.69, 9.17) is 11.6 Å². The quantitative estimate of drug-likeness (QED) is 0.511. The Kier molecular flexibility index (Phi) is 8.17. The Morgan fingerprint density at radius 3 is 2.25 bits per heavy atom. The molecule has 1 aliphatic heterocycles. The van der Waals surface area contributed by atoms with E-state index in [9.17, 15) is 19.2 Å². The maximum absolute atomic E-state index is 13.2. The third kappa shape index (κ3) is 6.40. The van der Waals surface area contributed by atoms with Crippen LogP contribution in [0.5, 0.6) is 0 Å². The van der Waals surface area contributed by atoms with E-state index >= 15 is 0 Å².